The number of hydrogen-bond donors (Lipinski definition) is 3. The number of hydrogen-bond acceptors (Lipinski definition) is 4. The molecule has 0 spiro atoms. The van der Waals surface area contributed by atoms with Crippen molar-refractivity contribution in [1.82, 2.24) is 0 Å². The molecule has 0 aliphatic carbocycles. The number of carbonyl (C=O) groups is 2. The summed E-state index contributed by atoms with van der Waals surface area (Å²) in [5, 5.41) is 25.2. The molecule has 64 valence electrons. The van der Waals surface area contributed by atoms with Gasteiger partial charge in [0.05, 0.1) is 1.37 Å². The fourth-order valence-electron chi connectivity index (χ4n) is 0.427. The Labute approximate surface area is 63.4 Å². The van der Waals surface area contributed by atoms with E-state index in [1.165, 1.54) is 0 Å². The van der Waals surface area contributed by atoms with Gasteiger partial charge in [0.2, 0.25) is 0 Å². The molecule has 0 aliphatic rings. The molecule has 0 aromatic heterocycles. The van der Waals surface area contributed by atoms with Crippen LogP contribution in [0.2, 0.25) is 0 Å². The quantitative estimate of drug-likeness (QED) is 0.470. The van der Waals surface area contributed by atoms with E-state index in [2.05, 4.69) is 4.74 Å². The van der Waals surface area contributed by atoms with Crippen LogP contribution in [0.1, 0.15) is 1.37 Å². The number of methoxy groups -OCH3 is 1. The van der Waals surface area contributed by atoms with Crippen molar-refractivity contribution < 1.29 is 31.0 Å². The second kappa shape index (κ2) is 3.89. The van der Waals surface area contributed by atoms with E-state index in [4.69, 9.17) is 16.7 Å². The Morgan fingerprint density at radius 1 is 1.45 bits per heavy atom. The van der Waals surface area contributed by atoms with Gasteiger partial charge in [-0.3, -0.25) is 0 Å². The second-order valence-electron chi connectivity index (χ2n) is 1.71. The molecule has 0 bridgehead atoms. The van der Waals surface area contributed by atoms with E-state index in [1.54, 1.807) is 0 Å². The van der Waals surface area contributed by atoms with Crippen molar-refractivity contribution in [3.05, 3.63) is 0 Å². The van der Waals surface area contributed by atoms with E-state index in [0.717, 1.165) is 0 Å². The van der Waals surface area contributed by atoms with Crippen LogP contribution in [-0.2, 0) is 14.3 Å². The van der Waals surface area contributed by atoms with Crippen molar-refractivity contribution in [2.24, 2.45) is 0 Å². The van der Waals surface area contributed by atoms with Gasteiger partial charge in [-0.15, -0.1) is 0 Å². The molecule has 0 rings (SSSR count). The fraction of sp³-hybridized carbons (Fsp3) is 0.600. The lowest BCUT2D eigenvalue weighted by atomic mass is 10.2. The van der Waals surface area contributed by atoms with Crippen LogP contribution < -0.4 is 0 Å². The summed E-state index contributed by atoms with van der Waals surface area (Å²) in [6.07, 6.45) is -4.03. The number of carboxylic acids is 2. The third kappa shape index (κ3) is 2.52. The van der Waals surface area contributed by atoms with Crippen LogP contribution in [0.3, 0.4) is 0 Å². The first-order valence-corrected chi connectivity index (χ1v) is 2.55. The topological polar surface area (TPSA) is 104 Å². The molecule has 6 heteroatoms. The van der Waals surface area contributed by atoms with E-state index in [9.17, 15) is 9.59 Å². The number of aliphatic hydroxyl groups excluding tert-OH is 1. The first-order chi connectivity index (χ1) is 5.50. The van der Waals surface area contributed by atoms with Crippen molar-refractivity contribution in [1.29, 1.82) is 0 Å². The van der Waals surface area contributed by atoms with Gasteiger partial charge < -0.3 is 20.1 Å². The number of carboxylic acid groups (broad SMARTS) is 2. The molecule has 0 aromatic rings. The number of aliphatic hydroxyl groups is 1. The van der Waals surface area contributed by atoms with Gasteiger partial charge in [-0.2, -0.15) is 0 Å². The molecule has 0 unspecified atom stereocenters. The minimum Gasteiger partial charge on any atom is -0.479 e. The van der Waals surface area contributed by atoms with Gasteiger partial charge in [-0.25, -0.2) is 9.59 Å². The van der Waals surface area contributed by atoms with E-state index < -0.39 is 31.2 Å². The smallest absolute Gasteiger partial charge is 0.336 e. The van der Waals surface area contributed by atoms with E-state index >= 15 is 0 Å². The van der Waals surface area contributed by atoms with Gasteiger partial charge in [0.1, 0.15) is 0 Å². The largest absolute Gasteiger partial charge is 0.479 e. The highest BCUT2D eigenvalue weighted by Crippen LogP contribution is 1.98. The predicted octanol–water partition coefficient (Wildman–Crippen LogP) is -1.47. The van der Waals surface area contributed by atoms with Crippen LogP contribution in [-0.4, -0.2) is 46.6 Å². The summed E-state index contributed by atoms with van der Waals surface area (Å²) >= 11 is 0. The highest BCUT2D eigenvalue weighted by atomic mass is 16.5. The van der Waals surface area contributed by atoms with Gasteiger partial charge in [-0.05, 0) is 0 Å². The van der Waals surface area contributed by atoms with E-state index in [-0.39, 0.29) is 0 Å². The lowest BCUT2D eigenvalue weighted by molar-refractivity contribution is -0.168. The fourth-order valence-corrected chi connectivity index (χ4v) is 0.427. The first-order valence-electron chi connectivity index (χ1n) is 3.26. The van der Waals surface area contributed by atoms with Crippen molar-refractivity contribution in [2.45, 2.75) is 12.2 Å². The normalized spacial score (nSPS) is 16.6. The lowest BCUT2D eigenvalue weighted by Crippen LogP contribution is -2.40. The summed E-state index contributed by atoms with van der Waals surface area (Å²) < 4.78 is 10.6. The zero-order valence-corrected chi connectivity index (χ0v) is 5.43. The highest BCUT2D eigenvalue weighted by molar-refractivity contribution is 5.83. The summed E-state index contributed by atoms with van der Waals surface area (Å²) in [6, 6.07) is 0. The molecular formula is C5H8O6. The van der Waals surface area contributed by atoms with Gasteiger partial charge in [0, 0.05) is 7.09 Å². The Hall–Kier alpha value is -1.14. The molecule has 0 aliphatic heterocycles. The molecule has 0 saturated heterocycles. The van der Waals surface area contributed by atoms with Crippen LogP contribution in [0.15, 0.2) is 0 Å². The molecule has 0 aromatic carbocycles. The molecular weight excluding hydrogens is 156 g/mol. The maximum atomic E-state index is 10.2. The molecule has 11 heavy (non-hydrogen) atoms. The van der Waals surface area contributed by atoms with Gasteiger partial charge >= 0.3 is 11.9 Å². The van der Waals surface area contributed by atoms with E-state index in [1.807, 2.05) is 0 Å². The summed E-state index contributed by atoms with van der Waals surface area (Å²) in [5.41, 5.74) is 0. The molecule has 0 amide bonds. The van der Waals surface area contributed by atoms with Crippen molar-refractivity contribution >= 4 is 11.9 Å². The second-order valence-corrected chi connectivity index (χ2v) is 1.71. The lowest BCUT2D eigenvalue weighted by Gasteiger charge is -2.12. The summed E-state index contributed by atoms with van der Waals surface area (Å²) in [7, 11) is -0.721. The minimum atomic E-state index is -2.15. The summed E-state index contributed by atoms with van der Waals surface area (Å²) in [4.78, 5) is 20.3. The van der Waals surface area contributed by atoms with Crippen LogP contribution in [0.5, 0.6) is 0 Å². The molecule has 3 N–H and O–H groups in total. The molecule has 0 heterocycles. The number of rotatable bonds is 4. The molecule has 0 radical (unpaired) electrons. The Bertz CT molecular complexity index is 181. The summed E-state index contributed by atoms with van der Waals surface area (Å²) in [5.74, 6) is -3.31. The Morgan fingerprint density at radius 3 is 2.27 bits per heavy atom. The first kappa shape index (κ1) is 7.96. The zero-order valence-electron chi connectivity index (χ0n) is 6.43. The number of aliphatic carboxylic acids is 2. The van der Waals surface area contributed by atoms with Crippen LogP contribution in [0, 0.1) is 0 Å². The van der Waals surface area contributed by atoms with Gasteiger partial charge in [0.15, 0.2) is 12.2 Å². The minimum absolute atomic E-state index is 0.721. The molecule has 6 nitrogen and oxygen atoms in total. The van der Waals surface area contributed by atoms with Crippen molar-refractivity contribution in [3.8, 4) is 0 Å². The highest BCUT2D eigenvalue weighted by Gasteiger charge is 2.31. The van der Waals surface area contributed by atoms with Crippen LogP contribution in [0.4, 0.5) is 0 Å². The average molecular weight is 165 g/mol. The monoisotopic (exact) mass is 165 g/mol. The molecule has 0 fully saturated rings. The van der Waals surface area contributed by atoms with E-state index in [0.29, 0.717) is 0 Å². The maximum Gasteiger partial charge on any atom is 0.336 e. The third-order valence-corrected chi connectivity index (χ3v) is 0.963. The molecule has 2 atom stereocenters. The SMILES string of the molecule is [2H]CO[C@@H](C(=O)O)[C@@H](O)C(=O)O. The predicted molar refractivity (Wildman–Crippen MR) is 32.1 cm³/mol. The Morgan fingerprint density at radius 2 is 2.00 bits per heavy atom. The zero-order chi connectivity index (χ0) is 9.72. The average Bonchev–Trinajstić information content (AvgIpc) is 1.98. The third-order valence-electron chi connectivity index (χ3n) is 0.963. The van der Waals surface area contributed by atoms with Gasteiger partial charge in [-0.1, -0.05) is 0 Å². The number of ether oxygens (including phenoxy) is 1. The Kier molecular flexibility index (Phi) is 2.82. The molecule has 0 saturated carbocycles. The maximum absolute atomic E-state index is 10.2. The summed E-state index contributed by atoms with van der Waals surface area (Å²) in [6.45, 7) is 0. The Balaban J connectivity index is 4.28. The van der Waals surface area contributed by atoms with Crippen molar-refractivity contribution in [3.63, 3.8) is 0 Å². The van der Waals surface area contributed by atoms with Crippen LogP contribution in [0.25, 0.3) is 0 Å². The standard InChI is InChI=1S/C5H8O6/c1-11-3(5(9)10)2(6)4(7)8/h2-3,6H,1H3,(H,7,8)(H,9,10)/t2-,3-/m1/s1/i1D. The van der Waals surface area contributed by atoms with Crippen LogP contribution >= 0.6 is 0 Å². The van der Waals surface area contributed by atoms with Gasteiger partial charge in [0.25, 0.3) is 0 Å². The van der Waals surface area contributed by atoms with Crippen molar-refractivity contribution in [2.75, 3.05) is 7.09 Å².